The molecule has 4 N–H and O–H groups in total. The monoisotopic (exact) mass is 240 g/mol. The van der Waals surface area contributed by atoms with Crippen molar-refractivity contribution in [3.05, 3.63) is 0 Å². The smallest absolute Gasteiger partial charge is 0.218 e. The fourth-order valence-electron chi connectivity index (χ4n) is 1.30. The van der Waals surface area contributed by atoms with Crippen molar-refractivity contribution in [2.75, 3.05) is 32.8 Å². The predicted molar refractivity (Wildman–Crippen MR) is 57.8 cm³/mol. The zero-order valence-electron chi connectivity index (χ0n) is 8.96. The molecule has 15 heavy (non-hydrogen) atoms. The average molecular weight is 240 g/mol. The lowest BCUT2D eigenvalue weighted by atomic mass is 10.3. The summed E-state index contributed by atoms with van der Waals surface area (Å²) in [7, 11) is -3.50. The van der Waals surface area contributed by atoms with E-state index in [0.29, 0.717) is 6.42 Å². The Hall–Kier alpha value is -0.210. The molecular weight excluding hydrogens is 220 g/mol. The van der Waals surface area contributed by atoms with E-state index >= 15 is 0 Å². The summed E-state index contributed by atoms with van der Waals surface area (Å²) in [6.07, 6.45) is 0.423. The highest BCUT2D eigenvalue weighted by molar-refractivity contribution is 7.89. The van der Waals surface area contributed by atoms with Gasteiger partial charge in [-0.2, -0.15) is 4.31 Å². The molecule has 0 saturated carbocycles. The normalized spacial score (nSPS) is 14.5. The minimum absolute atomic E-state index is 0.000602. The first-order chi connectivity index (χ1) is 7.04. The molecule has 0 aliphatic carbocycles. The van der Waals surface area contributed by atoms with Crippen molar-refractivity contribution in [2.45, 2.75) is 18.6 Å². The molecule has 0 aliphatic rings. The Morgan fingerprint density at radius 2 is 1.73 bits per heavy atom. The third kappa shape index (κ3) is 4.04. The fourth-order valence-corrected chi connectivity index (χ4v) is 3.06. The maximum absolute atomic E-state index is 11.9. The van der Waals surface area contributed by atoms with E-state index < -0.39 is 15.3 Å². The van der Waals surface area contributed by atoms with Crippen LogP contribution in [0.1, 0.15) is 13.3 Å². The standard InChI is InChI=1S/C8H20N2O4S/c1-2-8(7-9)15(13,14)10(3-5-11)4-6-12/h8,11-12H,2-7,9H2,1H3. The van der Waals surface area contributed by atoms with Crippen molar-refractivity contribution >= 4 is 10.0 Å². The van der Waals surface area contributed by atoms with Gasteiger partial charge < -0.3 is 15.9 Å². The van der Waals surface area contributed by atoms with Crippen molar-refractivity contribution in [3.8, 4) is 0 Å². The molecule has 6 nitrogen and oxygen atoms in total. The molecule has 0 spiro atoms. The summed E-state index contributed by atoms with van der Waals surface area (Å²) < 4.78 is 24.9. The number of hydrogen-bond donors (Lipinski definition) is 3. The lowest BCUT2D eigenvalue weighted by Gasteiger charge is -2.25. The van der Waals surface area contributed by atoms with Gasteiger partial charge in [0.2, 0.25) is 10.0 Å². The third-order valence-electron chi connectivity index (χ3n) is 2.20. The average Bonchev–Trinajstić information content (AvgIpc) is 2.19. The number of sulfonamides is 1. The van der Waals surface area contributed by atoms with E-state index in [9.17, 15) is 8.42 Å². The summed E-state index contributed by atoms with van der Waals surface area (Å²) in [5.74, 6) is 0. The molecule has 0 heterocycles. The molecule has 92 valence electrons. The van der Waals surface area contributed by atoms with E-state index in [-0.39, 0.29) is 32.8 Å². The van der Waals surface area contributed by atoms with Crippen LogP contribution in [0.15, 0.2) is 0 Å². The highest BCUT2D eigenvalue weighted by Crippen LogP contribution is 2.10. The van der Waals surface area contributed by atoms with Gasteiger partial charge in [0.15, 0.2) is 0 Å². The Bertz CT molecular complexity index is 245. The SMILES string of the molecule is CCC(CN)S(=O)(=O)N(CCO)CCO. The van der Waals surface area contributed by atoms with Gasteiger partial charge in [0.05, 0.1) is 18.5 Å². The van der Waals surface area contributed by atoms with Gasteiger partial charge in [-0.15, -0.1) is 0 Å². The van der Waals surface area contributed by atoms with E-state index in [4.69, 9.17) is 15.9 Å². The largest absolute Gasteiger partial charge is 0.395 e. The van der Waals surface area contributed by atoms with Crippen LogP contribution in [0.4, 0.5) is 0 Å². The van der Waals surface area contributed by atoms with Crippen molar-refractivity contribution in [2.24, 2.45) is 5.73 Å². The minimum atomic E-state index is -3.50. The molecule has 7 heteroatoms. The Morgan fingerprint density at radius 3 is 2.00 bits per heavy atom. The molecule has 0 amide bonds. The van der Waals surface area contributed by atoms with E-state index in [1.165, 1.54) is 0 Å². The Kier molecular flexibility index (Phi) is 7.03. The van der Waals surface area contributed by atoms with Crippen LogP contribution >= 0.6 is 0 Å². The molecule has 0 aromatic rings. The Labute approximate surface area is 90.7 Å². The summed E-state index contributed by atoms with van der Waals surface area (Å²) in [6, 6.07) is 0. The van der Waals surface area contributed by atoms with Gasteiger partial charge in [-0.3, -0.25) is 0 Å². The zero-order valence-corrected chi connectivity index (χ0v) is 9.78. The van der Waals surface area contributed by atoms with Crippen molar-refractivity contribution in [3.63, 3.8) is 0 Å². The number of hydrogen-bond acceptors (Lipinski definition) is 5. The molecule has 0 aromatic carbocycles. The van der Waals surface area contributed by atoms with Gasteiger partial charge in [-0.25, -0.2) is 8.42 Å². The predicted octanol–water partition coefficient (Wildman–Crippen LogP) is -1.66. The highest BCUT2D eigenvalue weighted by atomic mass is 32.2. The van der Waals surface area contributed by atoms with Gasteiger partial charge >= 0.3 is 0 Å². The second-order valence-electron chi connectivity index (χ2n) is 3.16. The molecule has 0 bridgehead atoms. The molecular formula is C8H20N2O4S. The molecule has 0 rings (SSSR count). The maximum atomic E-state index is 11.9. The van der Waals surface area contributed by atoms with Gasteiger partial charge in [0, 0.05) is 19.6 Å². The van der Waals surface area contributed by atoms with Crippen molar-refractivity contribution in [1.29, 1.82) is 0 Å². The first kappa shape index (κ1) is 14.8. The van der Waals surface area contributed by atoms with E-state index in [1.807, 2.05) is 0 Å². The van der Waals surface area contributed by atoms with Crippen LogP contribution < -0.4 is 5.73 Å². The van der Waals surface area contributed by atoms with Crippen LogP contribution in [-0.4, -0.2) is 61.0 Å². The van der Waals surface area contributed by atoms with Gasteiger partial charge in [-0.05, 0) is 6.42 Å². The van der Waals surface area contributed by atoms with Crippen molar-refractivity contribution < 1.29 is 18.6 Å². The van der Waals surface area contributed by atoms with Gasteiger partial charge in [0.1, 0.15) is 0 Å². The van der Waals surface area contributed by atoms with Gasteiger partial charge in [0.25, 0.3) is 0 Å². The van der Waals surface area contributed by atoms with Crippen LogP contribution in [-0.2, 0) is 10.0 Å². The Balaban J connectivity index is 4.75. The first-order valence-corrected chi connectivity index (χ1v) is 6.45. The summed E-state index contributed by atoms with van der Waals surface area (Å²) >= 11 is 0. The second-order valence-corrected chi connectivity index (χ2v) is 5.37. The summed E-state index contributed by atoms with van der Waals surface area (Å²) in [5, 5.41) is 16.8. The number of rotatable bonds is 8. The van der Waals surface area contributed by atoms with Crippen molar-refractivity contribution in [1.82, 2.24) is 4.31 Å². The quantitative estimate of drug-likeness (QED) is 0.471. The number of nitrogens with two attached hydrogens (primary N) is 1. The van der Waals surface area contributed by atoms with E-state index in [0.717, 1.165) is 4.31 Å². The molecule has 0 aliphatic heterocycles. The zero-order chi connectivity index (χ0) is 11.9. The van der Waals surface area contributed by atoms with Crippen LogP contribution in [0.5, 0.6) is 0 Å². The molecule has 1 unspecified atom stereocenters. The highest BCUT2D eigenvalue weighted by Gasteiger charge is 2.28. The lowest BCUT2D eigenvalue weighted by molar-refractivity contribution is 0.216. The number of nitrogens with zero attached hydrogens (tertiary/aromatic N) is 1. The van der Waals surface area contributed by atoms with Crippen LogP contribution in [0, 0.1) is 0 Å². The van der Waals surface area contributed by atoms with Gasteiger partial charge in [-0.1, -0.05) is 6.92 Å². The number of aliphatic hydroxyl groups excluding tert-OH is 2. The fraction of sp³-hybridized carbons (Fsp3) is 1.00. The summed E-state index contributed by atoms with van der Waals surface area (Å²) in [4.78, 5) is 0. The van der Waals surface area contributed by atoms with E-state index in [2.05, 4.69) is 0 Å². The maximum Gasteiger partial charge on any atom is 0.218 e. The summed E-state index contributed by atoms with van der Waals surface area (Å²) in [5.41, 5.74) is 5.37. The molecule has 1 atom stereocenters. The third-order valence-corrected chi connectivity index (χ3v) is 4.65. The topological polar surface area (TPSA) is 104 Å². The minimum Gasteiger partial charge on any atom is -0.395 e. The molecule has 0 aromatic heterocycles. The summed E-state index contributed by atoms with van der Waals surface area (Å²) in [6.45, 7) is 1.26. The van der Waals surface area contributed by atoms with Crippen LogP contribution in [0.2, 0.25) is 0 Å². The van der Waals surface area contributed by atoms with Crippen LogP contribution in [0.3, 0.4) is 0 Å². The molecule has 0 radical (unpaired) electrons. The molecule has 0 fully saturated rings. The number of aliphatic hydroxyl groups is 2. The Morgan fingerprint density at radius 1 is 1.27 bits per heavy atom. The lowest BCUT2D eigenvalue weighted by Crippen LogP contribution is -2.44. The van der Waals surface area contributed by atoms with Crippen LogP contribution in [0.25, 0.3) is 0 Å². The van der Waals surface area contributed by atoms with E-state index in [1.54, 1.807) is 6.92 Å². The first-order valence-electron chi connectivity index (χ1n) is 4.95. The molecule has 0 saturated heterocycles. The second kappa shape index (κ2) is 7.13.